The molecule has 1 unspecified atom stereocenters. The lowest BCUT2D eigenvalue weighted by molar-refractivity contribution is -0.137. The van der Waals surface area contributed by atoms with Crippen LogP contribution in [-0.2, 0) is 6.18 Å². The Bertz CT molecular complexity index is 678. The fourth-order valence-electron chi connectivity index (χ4n) is 1.79. The number of halogens is 4. The zero-order chi connectivity index (χ0) is 15.8. The van der Waals surface area contributed by atoms with Crippen LogP contribution in [0, 0.1) is 5.82 Å². The van der Waals surface area contributed by atoms with Crippen molar-refractivity contribution in [3.05, 3.63) is 57.0 Å². The van der Waals surface area contributed by atoms with Crippen LogP contribution in [0.15, 0.2) is 29.6 Å². The van der Waals surface area contributed by atoms with Crippen LogP contribution < -0.4 is 0 Å². The van der Waals surface area contributed by atoms with E-state index in [0.29, 0.717) is 12.1 Å². The van der Waals surface area contributed by atoms with E-state index in [2.05, 4.69) is 0 Å². The number of rotatable bonds is 3. The third-order valence-corrected chi connectivity index (χ3v) is 3.71. The van der Waals surface area contributed by atoms with Crippen LogP contribution >= 0.6 is 11.3 Å². The summed E-state index contributed by atoms with van der Waals surface area (Å²) in [4.78, 5) is 10.9. The molecule has 0 spiro atoms. The average molecular weight is 320 g/mol. The van der Waals surface area contributed by atoms with Crippen LogP contribution in [0.2, 0.25) is 0 Å². The second kappa shape index (κ2) is 5.45. The number of carbonyl (C=O) groups is 1. The summed E-state index contributed by atoms with van der Waals surface area (Å²) in [6, 6.07) is 2.86. The van der Waals surface area contributed by atoms with Gasteiger partial charge in [0.05, 0.1) is 16.0 Å². The minimum atomic E-state index is -4.76. The Balaban J connectivity index is 2.48. The van der Waals surface area contributed by atoms with E-state index in [9.17, 15) is 27.5 Å². The van der Waals surface area contributed by atoms with E-state index in [4.69, 9.17) is 5.11 Å². The summed E-state index contributed by atoms with van der Waals surface area (Å²) in [5.74, 6) is -2.48. The minimum Gasteiger partial charge on any atom is -0.478 e. The number of aromatic carboxylic acids is 1. The van der Waals surface area contributed by atoms with Crippen molar-refractivity contribution < 1.29 is 32.6 Å². The number of carboxylic acid groups (broad SMARTS) is 1. The van der Waals surface area contributed by atoms with Crippen LogP contribution in [0.5, 0.6) is 0 Å². The highest BCUT2D eigenvalue weighted by Crippen LogP contribution is 2.35. The number of carboxylic acids is 1. The van der Waals surface area contributed by atoms with E-state index in [1.807, 2.05) is 0 Å². The highest BCUT2D eigenvalue weighted by atomic mass is 32.1. The van der Waals surface area contributed by atoms with E-state index >= 15 is 0 Å². The summed E-state index contributed by atoms with van der Waals surface area (Å²) in [7, 11) is 0. The van der Waals surface area contributed by atoms with Crippen molar-refractivity contribution in [3.63, 3.8) is 0 Å². The molecule has 0 saturated heterocycles. The Morgan fingerprint density at radius 1 is 1.24 bits per heavy atom. The lowest BCUT2D eigenvalue weighted by atomic mass is 10.0. The Morgan fingerprint density at radius 2 is 1.90 bits per heavy atom. The molecule has 2 rings (SSSR count). The molecule has 2 aromatic rings. The predicted molar refractivity (Wildman–Crippen MR) is 66.7 cm³/mol. The SMILES string of the molecule is O=C(O)c1ccsc1C(O)c1cc(F)cc(C(F)(F)F)c1. The molecule has 0 aliphatic rings. The zero-order valence-corrected chi connectivity index (χ0v) is 11.0. The minimum absolute atomic E-state index is 0.0544. The van der Waals surface area contributed by atoms with Crippen LogP contribution in [-0.4, -0.2) is 16.2 Å². The smallest absolute Gasteiger partial charge is 0.416 e. The molecule has 0 fully saturated rings. The number of aliphatic hydroxyl groups excluding tert-OH is 1. The van der Waals surface area contributed by atoms with Crippen molar-refractivity contribution in [2.45, 2.75) is 12.3 Å². The largest absolute Gasteiger partial charge is 0.478 e. The van der Waals surface area contributed by atoms with Gasteiger partial charge in [-0.25, -0.2) is 9.18 Å². The lowest BCUT2D eigenvalue weighted by Crippen LogP contribution is -2.09. The van der Waals surface area contributed by atoms with Gasteiger partial charge in [-0.1, -0.05) is 0 Å². The van der Waals surface area contributed by atoms with Gasteiger partial charge < -0.3 is 10.2 Å². The molecule has 1 aromatic carbocycles. The second-order valence-electron chi connectivity index (χ2n) is 4.18. The molecule has 112 valence electrons. The van der Waals surface area contributed by atoms with Crippen LogP contribution in [0.3, 0.4) is 0 Å². The molecule has 0 bridgehead atoms. The number of hydrogen-bond acceptors (Lipinski definition) is 3. The van der Waals surface area contributed by atoms with Crippen molar-refractivity contribution in [1.29, 1.82) is 0 Å². The van der Waals surface area contributed by atoms with Crippen LogP contribution in [0.4, 0.5) is 17.6 Å². The molecule has 0 radical (unpaired) electrons. The van der Waals surface area contributed by atoms with Gasteiger partial charge in [0.1, 0.15) is 11.9 Å². The molecule has 1 atom stereocenters. The number of benzene rings is 1. The monoisotopic (exact) mass is 320 g/mol. The van der Waals surface area contributed by atoms with Gasteiger partial charge >= 0.3 is 12.1 Å². The highest BCUT2D eigenvalue weighted by Gasteiger charge is 2.32. The first kappa shape index (κ1) is 15.5. The predicted octanol–water partition coefficient (Wildman–Crippen LogP) is 3.69. The molecule has 0 amide bonds. The normalized spacial score (nSPS) is 13.2. The zero-order valence-electron chi connectivity index (χ0n) is 10.2. The fourth-order valence-corrected chi connectivity index (χ4v) is 2.69. The van der Waals surface area contributed by atoms with Gasteiger partial charge in [-0.2, -0.15) is 13.2 Å². The lowest BCUT2D eigenvalue weighted by Gasteiger charge is -2.14. The maximum atomic E-state index is 13.3. The fraction of sp³-hybridized carbons (Fsp3) is 0.154. The number of alkyl halides is 3. The van der Waals surface area contributed by atoms with Gasteiger partial charge in [-0.15, -0.1) is 11.3 Å². The molecular weight excluding hydrogens is 312 g/mol. The van der Waals surface area contributed by atoms with Gasteiger partial charge in [0, 0.05) is 0 Å². The Morgan fingerprint density at radius 3 is 2.48 bits per heavy atom. The number of hydrogen-bond donors (Lipinski definition) is 2. The topological polar surface area (TPSA) is 57.5 Å². The Kier molecular flexibility index (Phi) is 4.02. The highest BCUT2D eigenvalue weighted by molar-refractivity contribution is 7.10. The molecule has 0 saturated carbocycles. The third-order valence-electron chi connectivity index (χ3n) is 2.74. The number of thiophene rings is 1. The van der Waals surface area contributed by atoms with Gasteiger partial charge in [0.25, 0.3) is 0 Å². The van der Waals surface area contributed by atoms with E-state index in [-0.39, 0.29) is 16.0 Å². The summed E-state index contributed by atoms with van der Waals surface area (Å²) < 4.78 is 51.2. The molecule has 0 aliphatic heterocycles. The molecule has 1 aromatic heterocycles. The number of aliphatic hydroxyl groups is 1. The van der Waals surface area contributed by atoms with Crippen molar-refractivity contribution in [1.82, 2.24) is 0 Å². The van der Waals surface area contributed by atoms with Crippen molar-refractivity contribution in [3.8, 4) is 0 Å². The summed E-state index contributed by atoms with van der Waals surface area (Å²) >= 11 is 0.865. The average Bonchev–Trinajstić information content (AvgIpc) is 2.85. The maximum absolute atomic E-state index is 13.3. The molecule has 21 heavy (non-hydrogen) atoms. The molecule has 0 aliphatic carbocycles. The molecule has 1 heterocycles. The summed E-state index contributed by atoms with van der Waals surface area (Å²) in [5.41, 5.74) is -1.83. The van der Waals surface area contributed by atoms with Gasteiger partial charge in [-0.05, 0) is 35.2 Å². The maximum Gasteiger partial charge on any atom is 0.416 e. The quantitative estimate of drug-likeness (QED) is 0.848. The van der Waals surface area contributed by atoms with Crippen molar-refractivity contribution >= 4 is 17.3 Å². The van der Waals surface area contributed by atoms with Crippen LogP contribution in [0.1, 0.15) is 32.5 Å². The first-order valence-electron chi connectivity index (χ1n) is 5.56. The van der Waals surface area contributed by atoms with E-state index in [1.165, 1.54) is 11.4 Å². The first-order chi connectivity index (χ1) is 9.70. The van der Waals surface area contributed by atoms with E-state index in [1.54, 1.807) is 0 Å². The molecular formula is C13H8F4O3S. The molecule has 3 nitrogen and oxygen atoms in total. The van der Waals surface area contributed by atoms with E-state index in [0.717, 1.165) is 17.4 Å². The third kappa shape index (κ3) is 3.22. The summed E-state index contributed by atoms with van der Waals surface area (Å²) in [5, 5.41) is 20.3. The van der Waals surface area contributed by atoms with Crippen molar-refractivity contribution in [2.75, 3.05) is 0 Å². The van der Waals surface area contributed by atoms with Gasteiger partial charge in [-0.3, -0.25) is 0 Å². The van der Waals surface area contributed by atoms with Gasteiger partial charge in [0.2, 0.25) is 0 Å². The van der Waals surface area contributed by atoms with Gasteiger partial charge in [0.15, 0.2) is 0 Å². The van der Waals surface area contributed by atoms with Crippen molar-refractivity contribution in [2.24, 2.45) is 0 Å². The summed E-state index contributed by atoms with van der Waals surface area (Å²) in [6.45, 7) is 0. The Labute approximate surface area is 120 Å². The summed E-state index contributed by atoms with van der Waals surface area (Å²) in [6.07, 6.45) is -6.41. The standard InChI is InChI=1S/C13H8F4O3S/c14-8-4-6(3-7(5-8)13(15,16)17)10(18)11-9(12(19)20)1-2-21-11/h1-5,10,18H,(H,19,20). The van der Waals surface area contributed by atoms with E-state index < -0.39 is 29.6 Å². The molecule has 2 N–H and O–H groups in total. The second-order valence-corrected chi connectivity index (χ2v) is 5.12. The first-order valence-corrected chi connectivity index (χ1v) is 6.44. The molecule has 8 heteroatoms. The van der Waals surface area contributed by atoms with Crippen LogP contribution in [0.25, 0.3) is 0 Å². The Hall–Kier alpha value is -1.93.